The maximum Gasteiger partial charge on any atom is 0.325 e. The van der Waals surface area contributed by atoms with Crippen molar-refractivity contribution in [1.29, 1.82) is 0 Å². The molecule has 1 fully saturated rings. The fraction of sp³-hybridized carbons (Fsp3) is 0.933. The Hall–Kier alpha value is -0.610. The lowest BCUT2D eigenvalue weighted by Crippen LogP contribution is -2.53. The molecule has 1 aliphatic rings. The van der Waals surface area contributed by atoms with Gasteiger partial charge in [0.1, 0.15) is 5.54 Å². The Bertz CT molecular complexity index is 279. The number of methoxy groups -OCH3 is 1. The number of rotatable bonds is 10. The van der Waals surface area contributed by atoms with E-state index in [0.717, 1.165) is 25.9 Å². The minimum absolute atomic E-state index is 0.0622. The van der Waals surface area contributed by atoms with E-state index < -0.39 is 5.54 Å². The Morgan fingerprint density at radius 2 is 2.11 bits per heavy atom. The van der Waals surface area contributed by atoms with Crippen LogP contribution in [0.4, 0.5) is 0 Å². The summed E-state index contributed by atoms with van der Waals surface area (Å²) in [5.41, 5.74) is -0.625. The van der Waals surface area contributed by atoms with Gasteiger partial charge in [-0.15, -0.1) is 0 Å². The molecule has 112 valence electrons. The summed E-state index contributed by atoms with van der Waals surface area (Å²) in [4.78, 5) is 12.0. The highest BCUT2D eigenvalue weighted by Crippen LogP contribution is 2.26. The zero-order chi connectivity index (χ0) is 14.3. The van der Waals surface area contributed by atoms with Crippen molar-refractivity contribution in [2.75, 3.05) is 13.7 Å². The maximum atomic E-state index is 12.0. The van der Waals surface area contributed by atoms with Crippen molar-refractivity contribution in [3.8, 4) is 0 Å². The molecule has 2 unspecified atom stereocenters. The van der Waals surface area contributed by atoms with Gasteiger partial charge >= 0.3 is 5.97 Å². The molecule has 4 nitrogen and oxygen atoms in total. The molecule has 1 rings (SSSR count). The zero-order valence-electron chi connectivity index (χ0n) is 12.8. The monoisotopic (exact) mass is 271 g/mol. The molecule has 0 aromatic heterocycles. The van der Waals surface area contributed by atoms with E-state index in [0.29, 0.717) is 12.5 Å². The number of hydrogen-bond acceptors (Lipinski definition) is 4. The first kappa shape index (κ1) is 16.4. The van der Waals surface area contributed by atoms with Gasteiger partial charge in [0.15, 0.2) is 0 Å². The Labute approximate surface area is 117 Å². The molecule has 4 heteroatoms. The molecule has 0 radical (unpaired) electrons. The molecule has 0 heterocycles. The number of carbonyl (C=O) groups excluding carboxylic acids is 1. The highest BCUT2D eigenvalue weighted by atomic mass is 16.5. The van der Waals surface area contributed by atoms with E-state index in [1.165, 1.54) is 20.0 Å². The fourth-order valence-electron chi connectivity index (χ4n) is 2.38. The highest BCUT2D eigenvalue weighted by molar-refractivity contribution is 5.80. The third-order valence-corrected chi connectivity index (χ3v) is 3.58. The standard InChI is InChI=1S/C15H29NO3/c1-5-6-7-10-19-12(2)11-15(3,14(17)18-4)16-13-8-9-13/h12-13,16H,5-11H2,1-4H3. The van der Waals surface area contributed by atoms with E-state index >= 15 is 0 Å². The molecule has 1 aliphatic carbocycles. The maximum absolute atomic E-state index is 12.0. The molecular weight excluding hydrogens is 242 g/mol. The van der Waals surface area contributed by atoms with Crippen molar-refractivity contribution in [1.82, 2.24) is 5.32 Å². The molecule has 0 aromatic rings. The summed E-state index contributed by atoms with van der Waals surface area (Å²) >= 11 is 0. The minimum Gasteiger partial charge on any atom is -0.468 e. The second kappa shape index (κ2) is 7.85. The van der Waals surface area contributed by atoms with Crippen LogP contribution in [-0.2, 0) is 14.3 Å². The van der Waals surface area contributed by atoms with E-state index in [9.17, 15) is 4.79 Å². The number of nitrogens with one attached hydrogen (secondary N) is 1. The van der Waals surface area contributed by atoms with Gasteiger partial charge in [0.05, 0.1) is 13.2 Å². The average molecular weight is 271 g/mol. The van der Waals surface area contributed by atoms with Gasteiger partial charge < -0.3 is 9.47 Å². The molecule has 0 saturated heterocycles. The topological polar surface area (TPSA) is 47.6 Å². The fourth-order valence-corrected chi connectivity index (χ4v) is 2.38. The van der Waals surface area contributed by atoms with Crippen LogP contribution in [0.2, 0.25) is 0 Å². The summed E-state index contributed by atoms with van der Waals surface area (Å²) in [6.07, 6.45) is 6.50. The van der Waals surface area contributed by atoms with E-state index in [2.05, 4.69) is 12.2 Å². The molecule has 0 aromatic carbocycles. The number of carbonyl (C=O) groups is 1. The van der Waals surface area contributed by atoms with Crippen molar-refractivity contribution in [2.24, 2.45) is 0 Å². The van der Waals surface area contributed by atoms with Crippen LogP contribution in [0.3, 0.4) is 0 Å². The molecule has 0 spiro atoms. The van der Waals surface area contributed by atoms with Gasteiger partial charge in [-0.05, 0) is 33.1 Å². The molecular formula is C15H29NO3. The highest BCUT2D eigenvalue weighted by Gasteiger charge is 2.40. The number of ether oxygens (including phenoxy) is 2. The van der Waals surface area contributed by atoms with Crippen molar-refractivity contribution >= 4 is 5.97 Å². The summed E-state index contributed by atoms with van der Waals surface area (Å²) in [5.74, 6) is -0.191. The SMILES string of the molecule is CCCCCOC(C)CC(C)(NC1CC1)C(=O)OC. The van der Waals surface area contributed by atoms with E-state index in [-0.39, 0.29) is 12.1 Å². The predicted octanol–water partition coefficient (Wildman–Crippen LogP) is 2.66. The van der Waals surface area contributed by atoms with Crippen LogP contribution >= 0.6 is 0 Å². The Balaban J connectivity index is 2.39. The van der Waals surface area contributed by atoms with Crippen LogP contribution in [0.1, 0.15) is 59.3 Å². The zero-order valence-corrected chi connectivity index (χ0v) is 12.8. The quantitative estimate of drug-likeness (QED) is 0.490. The van der Waals surface area contributed by atoms with E-state index in [1.807, 2.05) is 13.8 Å². The number of esters is 1. The van der Waals surface area contributed by atoms with Gasteiger partial charge in [0.25, 0.3) is 0 Å². The van der Waals surface area contributed by atoms with Gasteiger partial charge in [0, 0.05) is 19.1 Å². The smallest absolute Gasteiger partial charge is 0.325 e. The first-order valence-electron chi connectivity index (χ1n) is 7.49. The van der Waals surface area contributed by atoms with Crippen LogP contribution in [0.5, 0.6) is 0 Å². The van der Waals surface area contributed by atoms with Gasteiger partial charge in [-0.2, -0.15) is 0 Å². The second-order valence-corrected chi connectivity index (χ2v) is 5.83. The summed E-state index contributed by atoms with van der Waals surface area (Å²) in [6, 6.07) is 0.469. The lowest BCUT2D eigenvalue weighted by molar-refractivity contribution is -0.149. The van der Waals surface area contributed by atoms with Crippen LogP contribution in [0, 0.1) is 0 Å². The van der Waals surface area contributed by atoms with Gasteiger partial charge in [0.2, 0.25) is 0 Å². The van der Waals surface area contributed by atoms with Gasteiger partial charge in [-0.3, -0.25) is 10.1 Å². The molecule has 0 aliphatic heterocycles. The van der Waals surface area contributed by atoms with E-state index in [1.54, 1.807) is 0 Å². The van der Waals surface area contributed by atoms with Crippen molar-refractivity contribution in [3.05, 3.63) is 0 Å². The Kier molecular flexibility index (Phi) is 6.80. The summed E-state index contributed by atoms with van der Waals surface area (Å²) in [5, 5.41) is 3.40. The molecule has 1 N–H and O–H groups in total. The second-order valence-electron chi connectivity index (χ2n) is 5.83. The molecule has 2 atom stereocenters. The van der Waals surface area contributed by atoms with Crippen molar-refractivity contribution in [3.63, 3.8) is 0 Å². The summed E-state index contributed by atoms with van der Waals surface area (Å²) in [7, 11) is 1.45. The summed E-state index contributed by atoms with van der Waals surface area (Å²) < 4.78 is 10.7. The predicted molar refractivity (Wildman–Crippen MR) is 76.1 cm³/mol. The average Bonchev–Trinajstić information content (AvgIpc) is 3.17. The third-order valence-electron chi connectivity index (χ3n) is 3.58. The Morgan fingerprint density at radius 3 is 2.63 bits per heavy atom. The lowest BCUT2D eigenvalue weighted by atomic mass is 9.94. The van der Waals surface area contributed by atoms with Crippen molar-refractivity contribution in [2.45, 2.75) is 77.0 Å². The number of unbranched alkanes of at least 4 members (excludes halogenated alkanes) is 2. The van der Waals surface area contributed by atoms with Gasteiger partial charge in [-0.1, -0.05) is 19.8 Å². The molecule has 0 bridgehead atoms. The molecule has 19 heavy (non-hydrogen) atoms. The Morgan fingerprint density at radius 1 is 1.42 bits per heavy atom. The lowest BCUT2D eigenvalue weighted by Gasteiger charge is -2.30. The van der Waals surface area contributed by atoms with Gasteiger partial charge in [-0.25, -0.2) is 0 Å². The first-order chi connectivity index (χ1) is 9.01. The van der Waals surface area contributed by atoms with Crippen LogP contribution in [0.15, 0.2) is 0 Å². The summed E-state index contributed by atoms with van der Waals surface area (Å²) in [6.45, 7) is 6.90. The van der Waals surface area contributed by atoms with Crippen LogP contribution < -0.4 is 5.32 Å². The minimum atomic E-state index is -0.625. The largest absolute Gasteiger partial charge is 0.468 e. The van der Waals surface area contributed by atoms with Crippen molar-refractivity contribution < 1.29 is 14.3 Å². The normalized spacial score (nSPS) is 19.8. The molecule has 1 saturated carbocycles. The van der Waals surface area contributed by atoms with E-state index in [4.69, 9.17) is 9.47 Å². The third kappa shape index (κ3) is 5.91. The number of hydrogen-bond donors (Lipinski definition) is 1. The van der Waals surface area contributed by atoms with Crippen LogP contribution in [0.25, 0.3) is 0 Å². The first-order valence-corrected chi connectivity index (χ1v) is 7.49. The molecule has 0 amide bonds. The van der Waals surface area contributed by atoms with Crippen LogP contribution in [-0.4, -0.2) is 37.4 Å².